The smallest absolute Gasteiger partial charge is 0.229 e. The van der Waals surface area contributed by atoms with Crippen molar-refractivity contribution < 1.29 is 4.79 Å². The van der Waals surface area contributed by atoms with Crippen LogP contribution in [-0.4, -0.2) is 52.6 Å². The van der Waals surface area contributed by atoms with Crippen LogP contribution >= 0.6 is 0 Å². The third kappa shape index (κ3) is 4.78. The summed E-state index contributed by atoms with van der Waals surface area (Å²) in [5, 5.41) is 7.24. The molecule has 2 heterocycles. The molecule has 2 aromatic rings. The monoisotopic (exact) mass is 368 g/mol. The van der Waals surface area contributed by atoms with Gasteiger partial charge in [-0.2, -0.15) is 5.10 Å². The first kappa shape index (κ1) is 19.6. The number of hydrogen-bond acceptors (Lipinski definition) is 3. The van der Waals surface area contributed by atoms with E-state index in [1.807, 2.05) is 25.7 Å². The Balaban J connectivity index is 1.49. The molecular formula is C22H32N4O. The van der Waals surface area contributed by atoms with Crippen LogP contribution in [0.4, 0.5) is 0 Å². The molecule has 1 N–H and O–H groups in total. The summed E-state index contributed by atoms with van der Waals surface area (Å²) in [5.74, 6) is 0.773. The third-order valence-corrected chi connectivity index (χ3v) is 5.78. The van der Waals surface area contributed by atoms with Crippen molar-refractivity contribution in [3.63, 3.8) is 0 Å². The number of carbonyl (C=O) groups is 1. The zero-order valence-corrected chi connectivity index (χ0v) is 17.0. The second-order valence-electron chi connectivity index (χ2n) is 8.02. The highest BCUT2D eigenvalue weighted by Gasteiger charge is 2.29. The number of hydrogen-bond donors (Lipinski definition) is 1. The number of aromatic nitrogens is 2. The van der Waals surface area contributed by atoms with Crippen LogP contribution in [0.5, 0.6) is 0 Å². The number of benzene rings is 1. The molecule has 27 heavy (non-hydrogen) atoms. The van der Waals surface area contributed by atoms with Crippen molar-refractivity contribution in [2.24, 2.45) is 5.92 Å². The van der Waals surface area contributed by atoms with Crippen molar-refractivity contribution >= 4 is 5.91 Å². The fourth-order valence-corrected chi connectivity index (χ4v) is 4.33. The highest BCUT2D eigenvalue weighted by molar-refractivity contribution is 5.84. The van der Waals surface area contributed by atoms with Crippen LogP contribution in [0, 0.1) is 19.8 Å². The van der Waals surface area contributed by atoms with E-state index >= 15 is 0 Å². The van der Waals surface area contributed by atoms with Gasteiger partial charge in [-0.15, -0.1) is 0 Å². The minimum absolute atomic E-state index is 0.124. The maximum absolute atomic E-state index is 12.9. The number of amides is 1. The third-order valence-electron chi connectivity index (χ3n) is 5.78. The first-order valence-corrected chi connectivity index (χ1v) is 9.98. The van der Waals surface area contributed by atoms with Crippen molar-refractivity contribution in [1.29, 1.82) is 0 Å². The minimum Gasteiger partial charge on any atom is -0.342 e. The Morgan fingerprint density at radius 2 is 1.93 bits per heavy atom. The maximum atomic E-state index is 12.9. The molecule has 1 fully saturated rings. The summed E-state index contributed by atoms with van der Waals surface area (Å²) in [4.78, 5) is 17.4. The van der Waals surface area contributed by atoms with Crippen LogP contribution in [0.15, 0.2) is 30.3 Å². The van der Waals surface area contributed by atoms with Crippen LogP contribution < -0.4 is 0 Å². The van der Waals surface area contributed by atoms with E-state index in [1.165, 1.54) is 5.56 Å². The van der Waals surface area contributed by atoms with E-state index in [2.05, 4.69) is 52.5 Å². The summed E-state index contributed by atoms with van der Waals surface area (Å²) >= 11 is 0. The standard InChI is InChI=1S/C22H32N4O/c1-16(21-17(2)23-24-18(21)3)22(27)26-12-10-20(11-13-26)15-25(4)14-19-8-6-5-7-9-19/h5-9,16,20H,10-15H2,1-4H3,(H,23,24). The number of likely N-dealkylation sites (tertiary alicyclic amines) is 1. The normalized spacial score (nSPS) is 16.7. The molecule has 5 nitrogen and oxygen atoms in total. The molecule has 1 aliphatic rings. The van der Waals surface area contributed by atoms with Crippen molar-refractivity contribution in [3.8, 4) is 0 Å². The van der Waals surface area contributed by atoms with E-state index in [4.69, 9.17) is 0 Å². The Labute approximate surface area is 162 Å². The van der Waals surface area contributed by atoms with Crippen molar-refractivity contribution in [2.75, 3.05) is 26.7 Å². The average Bonchev–Trinajstić information content (AvgIpc) is 3.00. The molecule has 1 unspecified atom stereocenters. The summed E-state index contributed by atoms with van der Waals surface area (Å²) in [6.45, 7) is 9.77. The molecule has 0 radical (unpaired) electrons. The predicted molar refractivity (Wildman–Crippen MR) is 109 cm³/mol. The van der Waals surface area contributed by atoms with Crippen molar-refractivity contribution in [3.05, 3.63) is 52.8 Å². The summed E-state index contributed by atoms with van der Waals surface area (Å²) in [6.07, 6.45) is 2.17. The number of piperidine rings is 1. The SMILES string of the molecule is Cc1n[nH]c(C)c1C(C)C(=O)N1CCC(CN(C)Cc2ccccc2)CC1. The van der Waals surface area contributed by atoms with E-state index in [-0.39, 0.29) is 11.8 Å². The van der Waals surface area contributed by atoms with Crippen LogP contribution in [0.25, 0.3) is 0 Å². The largest absolute Gasteiger partial charge is 0.342 e. The average molecular weight is 369 g/mol. The van der Waals surface area contributed by atoms with E-state index in [1.54, 1.807) is 0 Å². The van der Waals surface area contributed by atoms with Gasteiger partial charge in [-0.1, -0.05) is 30.3 Å². The summed E-state index contributed by atoms with van der Waals surface area (Å²) in [6, 6.07) is 10.6. The van der Waals surface area contributed by atoms with Gasteiger partial charge in [0.25, 0.3) is 0 Å². The van der Waals surface area contributed by atoms with Gasteiger partial charge < -0.3 is 9.80 Å². The molecule has 0 aliphatic carbocycles. The van der Waals surface area contributed by atoms with Gasteiger partial charge >= 0.3 is 0 Å². The molecule has 0 saturated carbocycles. The van der Waals surface area contributed by atoms with Gasteiger partial charge in [0, 0.05) is 37.4 Å². The number of aryl methyl sites for hydroxylation is 2. The zero-order chi connectivity index (χ0) is 19.4. The molecule has 0 spiro atoms. The quantitative estimate of drug-likeness (QED) is 0.849. The number of nitrogens with one attached hydrogen (secondary N) is 1. The molecule has 1 aromatic carbocycles. The van der Waals surface area contributed by atoms with Gasteiger partial charge in [0.1, 0.15) is 0 Å². The number of aromatic amines is 1. The fraction of sp³-hybridized carbons (Fsp3) is 0.545. The maximum Gasteiger partial charge on any atom is 0.229 e. The number of rotatable bonds is 6. The van der Waals surface area contributed by atoms with Gasteiger partial charge in [0.15, 0.2) is 0 Å². The van der Waals surface area contributed by atoms with E-state index in [0.717, 1.165) is 56.0 Å². The highest BCUT2D eigenvalue weighted by Crippen LogP contribution is 2.26. The fourth-order valence-electron chi connectivity index (χ4n) is 4.33. The second-order valence-corrected chi connectivity index (χ2v) is 8.02. The Bertz CT molecular complexity index is 727. The van der Waals surface area contributed by atoms with Crippen LogP contribution in [0.3, 0.4) is 0 Å². The van der Waals surface area contributed by atoms with Crippen molar-refractivity contribution in [2.45, 2.75) is 46.1 Å². The lowest BCUT2D eigenvalue weighted by Gasteiger charge is -2.35. The molecule has 146 valence electrons. The van der Waals surface area contributed by atoms with Gasteiger partial charge in [0.2, 0.25) is 5.91 Å². The lowest BCUT2D eigenvalue weighted by atomic mass is 9.93. The first-order valence-electron chi connectivity index (χ1n) is 9.98. The summed E-state index contributed by atoms with van der Waals surface area (Å²) in [5.41, 5.74) is 4.36. The van der Waals surface area contributed by atoms with E-state index in [9.17, 15) is 4.79 Å². The molecule has 1 atom stereocenters. The lowest BCUT2D eigenvalue weighted by Crippen LogP contribution is -2.42. The van der Waals surface area contributed by atoms with Gasteiger partial charge in [-0.25, -0.2) is 0 Å². The lowest BCUT2D eigenvalue weighted by molar-refractivity contribution is -0.133. The number of nitrogens with zero attached hydrogens (tertiary/aromatic N) is 3. The Kier molecular flexibility index (Phi) is 6.32. The Morgan fingerprint density at radius 3 is 2.52 bits per heavy atom. The Hall–Kier alpha value is -2.14. The molecule has 1 aromatic heterocycles. The van der Waals surface area contributed by atoms with Crippen LogP contribution in [0.2, 0.25) is 0 Å². The summed E-state index contributed by atoms with van der Waals surface area (Å²) in [7, 11) is 2.19. The topological polar surface area (TPSA) is 52.2 Å². The molecular weight excluding hydrogens is 336 g/mol. The molecule has 1 aliphatic heterocycles. The van der Waals surface area contributed by atoms with Gasteiger partial charge in [0.05, 0.1) is 11.6 Å². The Morgan fingerprint density at radius 1 is 1.26 bits per heavy atom. The summed E-state index contributed by atoms with van der Waals surface area (Å²) < 4.78 is 0. The molecule has 1 saturated heterocycles. The minimum atomic E-state index is -0.124. The van der Waals surface area contributed by atoms with Crippen LogP contribution in [-0.2, 0) is 11.3 Å². The van der Waals surface area contributed by atoms with Crippen LogP contribution in [0.1, 0.15) is 48.2 Å². The number of H-pyrrole nitrogens is 1. The second kappa shape index (κ2) is 8.70. The number of carbonyl (C=O) groups excluding carboxylic acids is 1. The highest BCUT2D eigenvalue weighted by atomic mass is 16.2. The molecule has 5 heteroatoms. The van der Waals surface area contributed by atoms with Gasteiger partial charge in [-0.3, -0.25) is 9.89 Å². The predicted octanol–water partition coefficient (Wildman–Crippen LogP) is 3.50. The first-order chi connectivity index (χ1) is 13.0. The molecule has 1 amide bonds. The molecule has 0 bridgehead atoms. The van der Waals surface area contributed by atoms with E-state index in [0.29, 0.717) is 5.92 Å². The zero-order valence-electron chi connectivity index (χ0n) is 17.0. The van der Waals surface area contributed by atoms with Gasteiger partial charge in [-0.05, 0) is 52.1 Å². The van der Waals surface area contributed by atoms with Crippen molar-refractivity contribution in [1.82, 2.24) is 20.0 Å². The molecule has 3 rings (SSSR count). The van der Waals surface area contributed by atoms with E-state index < -0.39 is 0 Å².